The molecule has 4 aromatic rings. The number of hydrogen-bond donors (Lipinski definition) is 1. The van der Waals surface area contributed by atoms with Crippen molar-refractivity contribution in [3.63, 3.8) is 0 Å². The molecule has 2 aromatic carbocycles. The number of nitrogens with two attached hydrogens (primary N) is 1. The minimum Gasteiger partial charge on any atom is -0.445 e. The molecule has 0 spiro atoms. The maximum absolute atomic E-state index is 13.1. The average molecular weight is 418 g/mol. The zero-order valence-corrected chi connectivity index (χ0v) is 16.1. The predicted octanol–water partition coefficient (Wildman–Crippen LogP) is 4.49. The molecule has 0 fully saturated rings. The molecule has 0 bridgehead atoms. The van der Waals surface area contributed by atoms with E-state index in [-0.39, 0.29) is 15.5 Å². The second-order valence-corrected chi connectivity index (χ2v) is 8.79. The molecular formula is C19H12ClNO4S2. The smallest absolute Gasteiger partial charge is 0.238 e. The van der Waals surface area contributed by atoms with E-state index in [1.165, 1.54) is 23.5 Å². The number of fused-ring (bicyclic) bond motifs is 1. The summed E-state index contributed by atoms with van der Waals surface area (Å²) in [5, 5.41) is 5.92. The monoisotopic (exact) mass is 417 g/mol. The molecule has 0 saturated carbocycles. The molecule has 0 aliphatic rings. The molecule has 4 rings (SSSR count). The predicted molar refractivity (Wildman–Crippen MR) is 108 cm³/mol. The highest BCUT2D eigenvalue weighted by molar-refractivity contribution is 7.89. The van der Waals surface area contributed by atoms with Crippen LogP contribution in [0.1, 0.15) is 0 Å². The lowest BCUT2D eigenvalue weighted by Gasteiger charge is -2.09. The van der Waals surface area contributed by atoms with Crippen LogP contribution in [0.15, 0.2) is 74.8 Å². The SMILES string of the molecule is NS(=O)(=O)c1ccc(-c2sc3ccccc3c(=O)c2-c2ccc(Cl)o2)cc1. The summed E-state index contributed by atoms with van der Waals surface area (Å²) in [6.07, 6.45) is 0. The summed E-state index contributed by atoms with van der Waals surface area (Å²) in [6.45, 7) is 0. The Morgan fingerprint density at radius 1 is 0.963 bits per heavy atom. The Balaban J connectivity index is 2.03. The summed E-state index contributed by atoms with van der Waals surface area (Å²) in [6, 6.07) is 16.6. The molecule has 5 nitrogen and oxygen atoms in total. The second-order valence-electron chi connectivity index (χ2n) is 5.80. The molecule has 0 aliphatic carbocycles. The lowest BCUT2D eigenvalue weighted by molar-refractivity contribution is 0.584. The third-order valence-electron chi connectivity index (χ3n) is 4.06. The fourth-order valence-corrected chi connectivity index (χ4v) is 4.66. The van der Waals surface area contributed by atoms with Gasteiger partial charge >= 0.3 is 0 Å². The van der Waals surface area contributed by atoms with E-state index >= 15 is 0 Å². The van der Waals surface area contributed by atoms with Crippen LogP contribution in [0.4, 0.5) is 0 Å². The van der Waals surface area contributed by atoms with Crippen LogP contribution in [0, 0.1) is 0 Å². The van der Waals surface area contributed by atoms with E-state index in [0.29, 0.717) is 27.2 Å². The van der Waals surface area contributed by atoms with Gasteiger partial charge in [0.1, 0.15) is 5.76 Å². The van der Waals surface area contributed by atoms with Gasteiger partial charge in [-0.25, -0.2) is 13.6 Å². The largest absolute Gasteiger partial charge is 0.445 e. The van der Waals surface area contributed by atoms with Crippen molar-refractivity contribution < 1.29 is 12.8 Å². The van der Waals surface area contributed by atoms with Crippen LogP contribution in [0.5, 0.6) is 0 Å². The van der Waals surface area contributed by atoms with Crippen LogP contribution in [0.25, 0.3) is 31.9 Å². The molecule has 2 N–H and O–H groups in total. The number of primary sulfonamides is 1. The van der Waals surface area contributed by atoms with E-state index in [9.17, 15) is 13.2 Å². The highest BCUT2D eigenvalue weighted by atomic mass is 35.5. The van der Waals surface area contributed by atoms with Gasteiger partial charge in [-0.1, -0.05) is 24.3 Å². The van der Waals surface area contributed by atoms with Gasteiger partial charge in [0, 0.05) is 15.0 Å². The molecule has 0 amide bonds. The fraction of sp³-hybridized carbons (Fsp3) is 0. The zero-order valence-electron chi connectivity index (χ0n) is 13.7. The van der Waals surface area contributed by atoms with Gasteiger partial charge in [-0.05, 0) is 53.6 Å². The van der Waals surface area contributed by atoms with Crippen molar-refractivity contribution in [2.45, 2.75) is 4.90 Å². The maximum atomic E-state index is 13.1. The first-order chi connectivity index (χ1) is 12.8. The number of furan rings is 1. The zero-order chi connectivity index (χ0) is 19.2. The van der Waals surface area contributed by atoms with Crippen molar-refractivity contribution in [1.82, 2.24) is 0 Å². The molecule has 0 atom stereocenters. The normalized spacial score (nSPS) is 11.8. The van der Waals surface area contributed by atoms with Crippen molar-refractivity contribution in [3.8, 4) is 21.8 Å². The maximum Gasteiger partial charge on any atom is 0.238 e. The van der Waals surface area contributed by atoms with Crippen molar-refractivity contribution in [2.24, 2.45) is 5.14 Å². The van der Waals surface area contributed by atoms with Gasteiger partial charge in [0.2, 0.25) is 10.0 Å². The Morgan fingerprint density at radius 3 is 2.30 bits per heavy atom. The average Bonchev–Trinajstić information content (AvgIpc) is 3.07. The van der Waals surface area contributed by atoms with E-state index in [0.717, 1.165) is 4.70 Å². The molecule has 8 heteroatoms. The van der Waals surface area contributed by atoms with Gasteiger partial charge in [-0.15, -0.1) is 11.3 Å². The lowest BCUT2D eigenvalue weighted by atomic mass is 10.1. The fourth-order valence-electron chi connectivity index (χ4n) is 2.81. The minimum absolute atomic E-state index is 0.00183. The number of benzene rings is 2. The van der Waals surface area contributed by atoms with E-state index < -0.39 is 10.0 Å². The number of rotatable bonds is 3. The molecule has 2 heterocycles. The number of halogens is 1. The summed E-state index contributed by atoms with van der Waals surface area (Å²) in [5.41, 5.74) is 0.882. The summed E-state index contributed by atoms with van der Waals surface area (Å²) in [4.78, 5) is 13.8. The molecule has 0 saturated heterocycles. The van der Waals surface area contributed by atoms with Crippen LogP contribution in [-0.4, -0.2) is 8.42 Å². The highest BCUT2D eigenvalue weighted by Gasteiger charge is 2.19. The van der Waals surface area contributed by atoms with Crippen molar-refractivity contribution >= 4 is 43.0 Å². The van der Waals surface area contributed by atoms with E-state index in [4.69, 9.17) is 21.2 Å². The molecule has 0 radical (unpaired) electrons. The molecule has 0 aliphatic heterocycles. The van der Waals surface area contributed by atoms with Crippen LogP contribution < -0.4 is 10.6 Å². The third-order valence-corrected chi connectivity index (χ3v) is 6.41. The van der Waals surface area contributed by atoms with E-state index in [2.05, 4.69) is 0 Å². The van der Waals surface area contributed by atoms with E-state index in [1.54, 1.807) is 36.4 Å². The van der Waals surface area contributed by atoms with Crippen LogP contribution in [0.3, 0.4) is 0 Å². The van der Waals surface area contributed by atoms with Crippen molar-refractivity contribution in [3.05, 3.63) is 76.1 Å². The van der Waals surface area contributed by atoms with Gasteiger partial charge in [0.15, 0.2) is 10.6 Å². The number of hydrogen-bond acceptors (Lipinski definition) is 5. The van der Waals surface area contributed by atoms with Crippen molar-refractivity contribution in [2.75, 3.05) is 0 Å². The molecule has 2 aromatic heterocycles. The molecule has 136 valence electrons. The summed E-state index contributed by atoms with van der Waals surface area (Å²) < 4.78 is 29.3. The first-order valence-electron chi connectivity index (χ1n) is 7.79. The van der Waals surface area contributed by atoms with Crippen LogP contribution in [-0.2, 0) is 10.0 Å². The minimum atomic E-state index is -3.80. The molecular weight excluding hydrogens is 406 g/mol. The Morgan fingerprint density at radius 2 is 1.67 bits per heavy atom. The topological polar surface area (TPSA) is 90.4 Å². The summed E-state index contributed by atoms with van der Waals surface area (Å²) in [5.74, 6) is 0.359. The van der Waals surface area contributed by atoms with Crippen molar-refractivity contribution in [1.29, 1.82) is 0 Å². The first kappa shape index (κ1) is 17.9. The van der Waals surface area contributed by atoms with Gasteiger partial charge in [0.25, 0.3) is 0 Å². The Hall–Kier alpha value is -2.45. The van der Waals surface area contributed by atoms with Crippen LogP contribution >= 0.6 is 22.9 Å². The molecule has 0 unspecified atom stereocenters. The Bertz CT molecular complexity index is 1320. The summed E-state index contributed by atoms with van der Waals surface area (Å²) >= 11 is 7.32. The van der Waals surface area contributed by atoms with Gasteiger partial charge in [-0.2, -0.15) is 0 Å². The lowest BCUT2D eigenvalue weighted by Crippen LogP contribution is -2.11. The number of sulfonamides is 1. The molecule has 27 heavy (non-hydrogen) atoms. The third kappa shape index (κ3) is 3.30. The van der Waals surface area contributed by atoms with Gasteiger partial charge in [-0.3, -0.25) is 4.79 Å². The van der Waals surface area contributed by atoms with Crippen LogP contribution in [0.2, 0.25) is 5.22 Å². The van der Waals surface area contributed by atoms with Gasteiger partial charge in [0.05, 0.1) is 10.5 Å². The quantitative estimate of drug-likeness (QED) is 0.531. The van der Waals surface area contributed by atoms with E-state index in [1.807, 2.05) is 12.1 Å². The standard InChI is InChI=1S/C19H12ClNO4S2/c20-16-10-9-14(25-16)17-18(22)13-3-1-2-4-15(13)26-19(17)11-5-7-12(8-6-11)27(21,23)24/h1-10H,(H2,21,23,24). The second kappa shape index (κ2) is 6.61. The van der Waals surface area contributed by atoms with Gasteiger partial charge < -0.3 is 4.42 Å². The first-order valence-corrected chi connectivity index (χ1v) is 10.5. The Labute approximate surface area is 163 Å². The highest BCUT2D eigenvalue weighted by Crippen LogP contribution is 2.38. The summed E-state index contributed by atoms with van der Waals surface area (Å²) in [7, 11) is -3.80. The Kier molecular flexibility index (Phi) is 4.39.